The first-order chi connectivity index (χ1) is 37.9. The summed E-state index contributed by atoms with van der Waals surface area (Å²) in [6.45, 7) is 41.8. The van der Waals surface area contributed by atoms with Crippen LogP contribution in [0.3, 0.4) is 0 Å². The van der Waals surface area contributed by atoms with Crippen LogP contribution in [0.1, 0.15) is 220 Å². The Bertz CT molecular complexity index is 3640. The second-order valence-corrected chi connectivity index (χ2v) is 31.6. The van der Waals surface area contributed by atoms with E-state index in [1.807, 2.05) is 133 Å². The van der Waals surface area contributed by atoms with Gasteiger partial charge in [0, 0.05) is 0 Å². The highest BCUT2D eigenvalue weighted by Gasteiger charge is 2.33. The first-order valence-electron chi connectivity index (χ1n) is 27.5. The van der Waals surface area contributed by atoms with Crippen molar-refractivity contribution in [2.45, 2.75) is 236 Å². The molecule has 5 aromatic rings. The van der Waals surface area contributed by atoms with Crippen LogP contribution in [0.25, 0.3) is 0 Å². The quantitative estimate of drug-likeness (QED) is 0.111. The summed E-state index contributed by atoms with van der Waals surface area (Å²) in [7, 11) is -22.5. The summed E-state index contributed by atoms with van der Waals surface area (Å²) in [5.74, 6) is 0.322. The van der Waals surface area contributed by atoms with Crippen molar-refractivity contribution in [2.24, 2.45) is 0 Å². The maximum Gasteiger partial charge on any atom is 0.416 e. The summed E-state index contributed by atoms with van der Waals surface area (Å²) in [5, 5.41) is 0. The number of hydrogen-bond donors (Lipinski definition) is 0. The summed E-state index contributed by atoms with van der Waals surface area (Å²) in [4.78, 5) is -1.01. The van der Waals surface area contributed by atoms with Crippen LogP contribution in [0.15, 0.2) is 91.2 Å². The molecule has 23 heteroatoms. The van der Waals surface area contributed by atoms with E-state index in [4.69, 9.17) is 0 Å². The van der Waals surface area contributed by atoms with Crippen LogP contribution in [0, 0.1) is 27.7 Å². The van der Waals surface area contributed by atoms with Crippen LogP contribution < -0.4 is 0 Å². The Morgan fingerprint density at radius 1 is 0.388 bits per heavy atom. The van der Waals surface area contributed by atoms with Gasteiger partial charge < -0.3 is 22.8 Å². The van der Waals surface area contributed by atoms with Crippen molar-refractivity contribution < 1.29 is 78.0 Å². The molecular weight excluding hydrogens is 1200 g/mol. The van der Waals surface area contributed by atoms with Crippen molar-refractivity contribution in [3.05, 3.63) is 145 Å². The van der Waals surface area contributed by atoms with Gasteiger partial charge >= 0.3 is 6.18 Å². The highest BCUT2D eigenvalue weighted by Crippen LogP contribution is 2.41. The van der Waals surface area contributed by atoms with Gasteiger partial charge in [-0.1, -0.05) is 179 Å². The number of halogens is 3. The lowest BCUT2D eigenvalue weighted by molar-refractivity contribution is -0.137. The van der Waals surface area contributed by atoms with Crippen molar-refractivity contribution in [1.82, 2.24) is 0 Å². The molecule has 5 aromatic carbocycles. The molecule has 0 aliphatic carbocycles. The van der Waals surface area contributed by atoms with E-state index >= 15 is 0 Å². The number of benzene rings is 5. The lowest BCUT2D eigenvalue weighted by atomic mass is 9.75. The molecule has 0 aliphatic heterocycles. The average Bonchev–Trinajstić information content (AvgIpc) is 2.00. The molecule has 15 nitrogen and oxygen atoms in total. The van der Waals surface area contributed by atoms with Crippen molar-refractivity contribution in [3.63, 3.8) is 0 Å². The van der Waals surface area contributed by atoms with E-state index in [-0.39, 0.29) is 42.4 Å². The van der Waals surface area contributed by atoms with Gasteiger partial charge in [0.25, 0.3) is 0 Å². The molecule has 0 saturated heterocycles. The second kappa shape index (κ2) is 29.2. The van der Waals surface area contributed by atoms with E-state index in [2.05, 4.69) is 34.6 Å². The predicted octanol–water partition coefficient (Wildman–Crippen LogP) is 14.2. The normalized spacial score (nSPS) is 12.8. The highest BCUT2D eigenvalue weighted by molar-refractivity contribution is 7.86. The Labute approximate surface area is 506 Å². The first-order valence-corrected chi connectivity index (χ1v) is 34.5. The predicted molar refractivity (Wildman–Crippen MR) is 322 cm³/mol. The maximum absolute atomic E-state index is 12.2. The van der Waals surface area contributed by atoms with Crippen molar-refractivity contribution in [2.75, 3.05) is 0 Å². The fourth-order valence-corrected chi connectivity index (χ4v) is 14.1. The maximum atomic E-state index is 12.2. The van der Waals surface area contributed by atoms with E-state index in [1.165, 1.54) is 6.92 Å². The zero-order valence-electron chi connectivity index (χ0n) is 53.0. The SMILES string of the molecule is CC(C)(C)c1cc(C(C)(C)C)c(S(=O)(=O)[O-])c(C(C)(C)C)c1.CC(C)c1cc(C(C)C)c(S(=O)(=O)[O-])c(C(C)C)c1.CCc1cc(CC)c(S(=O)(=O)[O-])c(CC)c1.Cc1cc(C(F)(F)F)cc(S(=O)(=O)[O-])c1.Cc1cc(C)c(S(=O)(=O)[O-])c(C)c1. The largest absolute Gasteiger partial charge is 0.744 e. The highest BCUT2D eigenvalue weighted by atomic mass is 32.2. The smallest absolute Gasteiger partial charge is 0.416 e. The van der Waals surface area contributed by atoms with E-state index in [0.29, 0.717) is 69.3 Å². The van der Waals surface area contributed by atoms with Gasteiger partial charge in [-0.15, -0.1) is 0 Å². The molecular formula is C62H86F3O15S5-5. The monoisotopic (exact) mass is 1290 g/mol. The lowest BCUT2D eigenvalue weighted by Crippen LogP contribution is -2.26. The van der Waals surface area contributed by atoms with Gasteiger partial charge in [0.1, 0.15) is 50.6 Å². The molecule has 0 N–H and O–H groups in total. The van der Waals surface area contributed by atoms with Crippen LogP contribution in [0.4, 0.5) is 13.2 Å². The van der Waals surface area contributed by atoms with E-state index in [9.17, 15) is 78.0 Å². The summed E-state index contributed by atoms with van der Waals surface area (Å²) >= 11 is 0. The van der Waals surface area contributed by atoms with E-state index in [1.54, 1.807) is 26.0 Å². The minimum atomic E-state index is -4.86. The fourth-order valence-electron chi connectivity index (χ4n) is 9.12. The molecule has 0 aromatic heterocycles. The van der Waals surface area contributed by atoms with Crippen molar-refractivity contribution in [3.8, 4) is 0 Å². The molecule has 0 spiro atoms. The molecule has 0 unspecified atom stereocenters. The topological polar surface area (TPSA) is 286 Å². The summed E-state index contributed by atoms with van der Waals surface area (Å²) in [5.41, 5.74) is 6.98. The van der Waals surface area contributed by atoms with Crippen LogP contribution in [0.5, 0.6) is 0 Å². The van der Waals surface area contributed by atoms with Gasteiger partial charge in [0.05, 0.1) is 30.0 Å². The Balaban J connectivity index is 0.000000537. The van der Waals surface area contributed by atoms with E-state index < -0.39 is 78.1 Å². The summed E-state index contributed by atoms with van der Waals surface area (Å²) in [6.07, 6.45) is -2.68. The van der Waals surface area contributed by atoms with Gasteiger partial charge in [-0.3, -0.25) is 0 Å². The van der Waals surface area contributed by atoms with Crippen molar-refractivity contribution >= 4 is 50.6 Å². The Kier molecular flexibility index (Phi) is 26.9. The molecule has 480 valence electrons. The van der Waals surface area contributed by atoms with Crippen LogP contribution in [-0.4, -0.2) is 64.9 Å². The lowest BCUT2D eigenvalue weighted by Gasteiger charge is -2.34. The summed E-state index contributed by atoms with van der Waals surface area (Å²) < 4.78 is 205. The molecule has 5 rings (SSSR count). The van der Waals surface area contributed by atoms with Gasteiger partial charge in [-0.05, 0) is 166 Å². The van der Waals surface area contributed by atoms with Gasteiger partial charge in [-0.2, -0.15) is 13.2 Å². The van der Waals surface area contributed by atoms with Crippen LogP contribution in [-0.2, 0) is 92.3 Å². The molecule has 0 saturated carbocycles. The summed E-state index contributed by atoms with van der Waals surface area (Å²) in [6, 6.07) is 16.5. The molecule has 0 radical (unpaired) electrons. The molecule has 0 atom stereocenters. The number of aryl methyl sites for hydroxylation is 7. The van der Waals surface area contributed by atoms with Crippen molar-refractivity contribution in [1.29, 1.82) is 0 Å². The first kappa shape index (κ1) is 78.5. The van der Waals surface area contributed by atoms with E-state index in [0.717, 1.165) is 40.8 Å². The Hall–Kier alpha value is -4.56. The van der Waals surface area contributed by atoms with Crippen LogP contribution >= 0.6 is 0 Å². The molecule has 85 heavy (non-hydrogen) atoms. The third-order valence-corrected chi connectivity index (χ3v) is 18.3. The fraction of sp³-hybridized carbons (Fsp3) is 0.516. The minimum Gasteiger partial charge on any atom is -0.744 e. The Morgan fingerprint density at radius 3 is 1.00 bits per heavy atom. The number of hydrogen-bond acceptors (Lipinski definition) is 15. The average molecular weight is 1290 g/mol. The second-order valence-electron chi connectivity index (χ2n) is 25.0. The standard InChI is InChI=1S/C18H30O3S.C15H24O3S.C12H18O3S.C9H12O3S.C8H7F3O3S/c1-16(2,3)12-10-13(17(4,5)6)15(22(19,20)21)14(11-12)18(7,8)9;1-9(2)12-7-13(10(3)4)15(19(16,17)18)14(8-12)11(5)6;1-4-9-7-10(5-2)12(16(13,14)15)11(6-3)8-9;1-6-4-7(2)9(8(3)5-6)13(10,11)12;1-5-2-6(8(9,10)11)4-7(3-5)15(12,13)14/h10-11H,1-9H3,(H,19,20,21);7-11H,1-6H3,(H,16,17,18);7-8H,4-6H2,1-3H3,(H,13,14,15);4-5H,1-3H3,(H,10,11,12);2-4H,1H3,(H,12,13,14)/p-5. The zero-order chi connectivity index (χ0) is 67.1. The molecule has 0 aliphatic rings. The van der Waals surface area contributed by atoms with Gasteiger partial charge in [0.15, 0.2) is 0 Å². The molecule has 0 fully saturated rings. The van der Waals surface area contributed by atoms with Gasteiger partial charge in [0.2, 0.25) is 0 Å². The number of alkyl halides is 3. The molecule has 0 bridgehead atoms. The van der Waals surface area contributed by atoms with Crippen LogP contribution in [0.2, 0.25) is 0 Å². The molecule has 0 amide bonds. The minimum absolute atomic E-state index is 0.00491. The zero-order valence-corrected chi connectivity index (χ0v) is 57.1. The Morgan fingerprint density at radius 2 is 0.741 bits per heavy atom. The van der Waals surface area contributed by atoms with Gasteiger partial charge in [-0.25, -0.2) is 42.1 Å². The third kappa shape index (κ3) is 23.2. The molecule has 0 heterocycles. The third-order valence-electron chi connectivity index (χ3n) is 13.4. The number of rotatable bonds is 11.